The second-order valence-electron chi connectivity index (χ2n) is 5.93. The van der Waals surface area contributed by atoms with Gasteiger partial charge in [-0.3, -0.25) is 9.78 Å². The Bertz CT molecular complexity index is 492. The molecule has 1 aromatic rings. The lowest BCUT2D eigenvalue weighted by molar-refractivity contribution is 0.0702. The number of allylic oxidation sites excluding steroid dienone is 1. The van der Waals surface area contributed by atoms with Crippen molar-refractivity contribution in [2.24, 2.45) is 0 Å². The largest absolute Gasteiger partial charge is 0.339 e. The first-order valence-electron chi connectivity index (χ1n) is 7.95. The molecule has 2 aliphatic rings. The number of nitrogens with one attached hydrogen (secondary N) is 1. The van der Waals surface area contributed by atoms with Gasteiger partial charge in [-0.25, -0.2) is 0 Å². The number of piperidine rings is 1. The standard InChI is InChI=1S/C17H23N3O/c21-17(14-6-10-18-11-7-14)20-12-8-16(9-13-20)19-15-4-2-1-3-5-15/h2,4,6-7,10-11,15-16,19H,1,3,5,8-9,12-13H2. The zero-order valence-electron chi connectivity index (χ0n) is 12.4. The number of likely N-dealkylation sites (tertiary alicyclic amines) is 1. The highest BCUT2D eigenvalue weighted by Crippen LogP contribution is 2.17. The van der Waals surface area contributed by atoms with Crippen LogP contribution in [0.5, 0.6) is 0 Å². The highest BCUT2D eigenvalue weighted by molar-refractivity contribution is 5.94. The van der Waals surface area contributed by atoms with Crippen molar-refractivity contribution in [3.8, 4) is 0 Å². The molecule has 0 aromatic carbocycles. The molecule has 0 bridgehead atoms. The molecule has 1 saturated heterocycles. The van der Waals surface area contributed by atoms with Gasteiger partial charge in [-0.15, -0.1) is 0 Å². The maximum atomic E-state index is 12.4. The van der Waals surface area contributed by atoms with E-state index in [0.717, 1.165) is 31.5 Å². The Hall–Kier alpha value is -1.68. The molecule has 0 saturated carbocycles. The first-order valence-corrected chi connectivity index (χ1v) is 7.95. The summed E-state index contributed by atoms with van der Waals surface area (Å²) >= 11 is 0. The van der Waals surface area contributed by atoms with Crippen LogP contribution >= 0.6 is 0 Å². The van der Waals surface area contributed by atoms with Crippen LogP contribution < -0.4 is 5.32 Å². The number of aromatic nitrogens is 1. The summed E-state index contributed by atoms with van der Waals surface area (Å²) in [6, 6.07) is 4.66. The van der Waals surface area contributed by atoms with Crippen LogP contribution in [-0.4, -0.2) is 41.0 Å². The Morgan fingerprint density at radius 3 is 2.62 bits per heavy atom. The van der Waals surface area contributed by atoms with Crippen molar-refractivity contribution < 1.29 is 4.79 Å². The number of hydrogen-bond acceptors (Lipinski definition) is 3. The van der Waals surface area contributed by atoms with Gasteiger partial charge >= 0.3 is 0 Å². The molecule has 1 fully saturated rings. The molecular formula is C17H23N3O. The molecular weight excluding hydrogens is 262 g/mol. The Labute approximate surface area is 126 Å². The second kappa shape index (κ2) is 6.85. The lowest BCUT2D eigenvalue weighted by Gasteiger charge is -2.34. The van der Waals surface area contributed by atoms with Gasteiger partial charge in [0.1, 0.15) is 0 Å². The molecule has 0 radical (unpaired) electrons. The predicted molar refractivity (Wildman–Crippen MR) is 83.1 cm³/mol. The van der Waals surface area contributed by atoms with Crippen LogP contribution in [0.2, 0.25) is 0 Å². The Kier molecular flexibility index (Phi) is 4.65. The number of hydrogen-bond donors (Lipinski definition) is 1. The molecule has 1 unspecified atom stereocenters. The fourth-order valence-electron chi connectivity index (χ4n) is 3.18. The molecule has 4 nitrogen and oxygen atoms in total. The summed E-state index contributed by atoms with van der Waals surface area (Å²) in [5, 5.41) is 3.72. The van der Waals surface area contributed by atoms with Crippen LogP contribution in [0.25, 0.3) is 0 Å². The summed E-state index contributed by atoms with van der Waals surface area (Å²) in [6.45, 7) is 1.69. The quantitative estimate of drug-likeness (QED) is 0.867. The Morgan fingerprint density at radius 1 is 1.19 bits per heavy atom. The maximum absolute atomic E-state index is 12.4. The SMILES string of the molecule is O=C(c1ccncc1)N1CCC(NC2C=CCCC2)CC1. The number of carbonyl (C=O) groups is 1. The van der Waals surface area contributed by atoms with Gasteiger partial charge in [0, 0.05) is 43.1 Å². The normalized spacial score (nSPS) is 23.2. The fraction of sp³-hybridized carbons (Fsp3) is 0.529. The van der Waals surface area contributed by atoms with Crippen LogP contribution in [0.15, 0.2) is 36.7 Å². The van der Waals surface area contributed by atoms with E-state index >= 15 is 0 Å². The van der Waals surface area contributed by atoms with Crippen LogP contribution in [0.1, 0.15) is 42.5 Å². The molecule has 112 valence electrons. The highest BCUT2D eigenvalue weighted by Gasteiger charge is 2.24. The van der Waals surface area contributed by atoms with Crippen molar-refractivity contribution in [1.82, 2.24) is 15.2 Å². The van der Waals surface area contributed by atoms with Crippen molar-refractivity contribution in [2.75, 3.05) is 13.1 Å². The molecule has 1 N–H and O–H groups in total. The maximum Gasteiger partial charge on any atom is 0.253 e. The third-order valence-electron chi connectivity index (χ3n) is 4.41. The van der Waals surface area contributed by atoms with E-state index in [1.54, 1.807) is 24.5 Å². The lowest BCUT2D eigenvalue weighted by Crippen LogP contribution is -2.47. The van der Waals surface area contributed by atoms with E-state index in [0.29, 0.717) is 12.1 Å². The monoisotopic (exact) mass is 285 g/mol. The molecule has 3 rings (SSSR count). The van der Waals surface area contributed by atoms with Gasteiger partial charge in [-0.2, -0.15) is 0 Å². The zero-order valence-corrected chi connectivity index (χ0v) is 12.4. The Morgan fingerprint density at radius 2 is 1.95 bits per heavy atom. The van der Waals surface area contributed by atoms with Gasteiger partial charge in [0.2, 0.25) is 0 Å². The van der Waals surface area contributed by atoms with Crippen LogP contribution in [0, 0.1) is 0 Å². The topological polar surface area (TPSA) is 45.2 Å². The highest BCUT2D eigenvalue weighted by atomic mass is 16.2. The first kappa shape index (κ1) is 14.3. The molecule has 21 heavy (non-hydrogen) atoms. The van der Waals surface area contributed by atoms with E-state index in [1.807, 2.05) is 4.90 Å². The van der Waals surface area contributed by atoms with Crippen LogP contribution in [-0.2, 0) is 0 Å². The van der Waals surface area contributed by atoms with Crippen molar-refractivity contribution in [1.29, 1.82) is 0 Å². The summed E-state index contributed by atoms with van der Waals surface area (Å²) in [4.78, 5) is 18.3. The molecule has 1 aromatic heterocycles. The van der Waals surface area contributed by atoms with Gasteiger partial charge in [-0.1, -0.05) is 12.2 Å². The smallest absolute Gasteiger partial charge is 0.253 e. The second-order valence-corrected chi connectivity index (χ2v) is 5.93. The van der Waals surface area contributed by atoms with Gasteiger partial charge < -0.3 is 10.2 Å². The summed E-state index contributed by atoms with van der Waals surface area (Å²) in [7, 11) is 0. The fourth-order valence-corrected chi connectivity index (χ4v) is 3.18. The van der Waals surface area contributed by atoms with Crippen LogP contribution in [0.4, 0.5) is 0 Å². The molecule has 2 heterocycles. The van der Waals surface area contributed by atoms with Gasteiger partial charge in [0.05, 0.1) is 0 Å². The van der Waals surface area contributed by atoms with E-state index in [9.17, 15) is 4.79 Å². The zero-order chi connectivity index (χ0) is 14.5. The van der Waals surface area contributed by atoms with Gasteiger partial charge in [0.25, 0.3) is 5.91 Å². The third kappa shape index (κ3) is 3.70. The Balaban J connectivity index is 1.49. The van der Waals surface area contributed by atoms with Crippen molar-refractivity contribution in [2.45, 2.75) is 44.2 Å². The minimum atomic E-state index is 0.133. The van der Waals surface area contributed by atoms with E-state index in [2.05, 4.69) is 22.5 Å². The van der Waals surface area contributed by atoms with Crippen LogP contribution in [0.3, 0.4) is 0 Å². The summed E-state index contributed by atoms with van der Waals surface area (Å²) in [6.07, 6.45) is 13.8. The number of nitrogens with zero attached hydrogens (tertiary/aromatic N) is 2. The third-order valence-corrected chi connectivity index (χ3v) is 4.41. The number of amides is 1. The molecule has 1 aliphatic carbocycles. The first-order chi connectivity index (χ1) is 10.3. The van der Waals surface area contributed by atoms with Crippen molar-refractivity contribution >= 4 is 5.91 Å². The number of carbonyl (C=O) groups excluding carboxylic acids is 1. The van der Waals surface area contributed by atoms with Gasteiger partial charge in [-0.05, 0) is 44.2 Å². The van der Waals surface area contributed by atoms with E-state index < -0.39 is 0 Å². The predicted octanol–water partition coefficient (Wildman–Crippen LogP) is 2.38. The van der Waals surface area contributed by atoms with E-state index in [4.69, 9.17) is 0 Å². The lowest BCUT2D eigenvalue weighted by atomic mass is 9.98. The average Bonchev–Trinajstić information content (AvgIpc) is 2.57. The van der Waals surface area contributed by atoms with E-state index in [-0.39, 0.29) is 5.91 Å². The number of rotatable bonds is 3. The molecule has 4 heteroatoms. The minimum absolute atomic E-state index is 0.133. The average molecular weight is 285 g/mol. The van der Waals surface area contributed by atoms with Crippen molar-refractivity contribution in [3.05, 3.63) is 42.2 Å². The molecule has 1 atom stereocenters. The molecule has 1 amide bonds. The summed E-state index contributed by atoms with van der Waals surface area (Å²) in [5.41, 5.74) is 0.742. The van der Waals surface area contributed by atoms with Gasteiger partial charge in [0.15, 0.2) is 0 Å². The minimum Gasteiger partial charge on any atom is -0.339 e. The summed E-state index contributed by atoms with van der Waals surface area (Å²) < 4.78 is 0. The number of pyridine rings is 1. The van der Waals surface area contributed by atoms with E-state index in [1.165, 1.54) is 19.3 Å². The summed E-state index contributed by atoms with van der Waals surface area (Å²) in [5.74, 6) is 0.133. The van der Waals surface area contributed by atoms with Crippen molar-refractivity contribution in [3.63, 3.8) is 0 Å². The molecule has 0 spiro atoms. The molecule has 1 aliphatic heterocycles.